The first kappa shape index (κ1) is 15.4. The van der Waals surface area contributed by atoms with Crippen molar-refractivity contribution in [1.82, 2.24) is 10.2 Å². The van der Waals surface area contributed by atoms with Crippen LogP contribution in [0.2, 0.25) is 0 Å². The van der Waals surface area contributed by atoms with Crippen LogP contribution >= 0.6 is 0 Å². The van der Waals surface area contributed by atoms with E-state index in [0.717, 1.165) is 24.8 Å². The molecule has 0 spiro atoms. The fourth-order valence-electron chi connectivity index (χ4n) is 2.81. The van der Waals surface area contributed by atoms with E-state index in [9.17, 15) is 14.7 Å². The number of likely N-dealkylation sites (tertiary alicyclic amines) is 1. The smallest absolute Gasteiger partial charge is 0.326 e. The monoisotopic (exact) mass is 290 g/mol. The average molecular weight is 290 g/mol. The van der Waals surface area contributed by atoms with E-state index in [0.29, 0.717) is 13.0 Å². The lowest BCUT2D eigenvalue weighted by Crippen LogP contribution is -2.50. The lowest BCUT2D eigenvalue weighted by Gasteiger charge is -2.26. The maximum Gasteiger partial charge on any atom is 0.326 e. The topological polar surface area (TPSA) is 69.6 Å². The largest absolute Gasteiger partial charge is 0.480 e. The lowest BCUT2D eigenvalue weighted by molar-refractivity contribution is -0.139. The zero-order valence-corrected chi connectivity index (χ0v) is 12.3. The summed E-state index contributed by atoms with van der Waals surface area (Å²) in [4.78, 5) is 25.4. The molecule has 1 aromatic carbocycles. The van der Waals surface area contributed by atoms with Gasteiger partial charge in [-0.05, 0) is 24.8 Å². The molecule has 2 amide bonds. The van der Waals surface area contributed by atoms with Gasteiger partial charge in [0, 0.05) is 19.0 Å². The Morgan fingerprint density at radius 3 is 2.71 bits per heavy atom. The number of rotatable bonds is 5. The highest BCUT2D eigenvalue weighted by atomic mass is 16.4. The quantitative estimate of drug-likeness (QED) is 0.874. The highest BCUT2D eigenvalue weighted by Gasteiger charge is 2.30. The second kappa shape index (κ2) is 7.11. The second-order valence-electron chi connectivity index (χ2n) is 5.43. The molecule has 0 bridgehead atoms. The van der Waals surface area contributed by atoms with Crippen molar-refractivity contribution in [3.63, 3.8) is 0 Å². The standard InChI is InChI=1S/C16H22N2O3/c1-2-13-9-6-10-18(13)16(21)17-14(15(19)20)11-12-7-4-3-5-8-12/h3-5,7-8,13-14H,2,6,9-11H2,1H3,(H,17,21)(H,19,20). The third kappa shape index (κ3) is 3.97. The Labute approximate surface area is 125 Å². The summed E-state index contributed by atoms with van der Waals surface area (Å²) in [5.74, 6) is -1.00. The lowest BCUT2D eigenvalue weighted by atomic mass is 10.1. The van der Waals surface area contributed by atoms with Crippen LogP contribution in [0.4, 0.5) is 4.79 Å². The molecule has 21 heavy (non-hydrogen) atoms. The van der Waals surface area contributed by atoms with Crippen molar-refractivity contribution in [3.8, 4) is 0 Å². The first-order valence-corrected chi connectivity index (χ1v) is 7.45. The number of nitrogens with zero attached hydrogens (tertiary/aromatic N) is 1. The number of carboxylic acid groups (broad SMARTS) is 1. The van der Waals surface area contributed by atoms with Crippen LogP contribution < -0.4 is 5.32 Å². The van der Waals surface area contributed by atoms with Gasteiger partial charge >= 0.3 is 12.0 Å². The molecule has 5 heteroatoms. The summed E-state index contributed by atoms with van der Waals surface area (Å²) >= 11 is 0. The van der Waals surface area contributed by atoms with E-state index >= 15 is 0 Å². The van der Waals surface area contributed by atoms with Gasteiger partial charge in [0.25, 0.3) is 0 Å². The minimum atomic E-state index is -1.00. The number of urea groups is 1. The van der Waals surface area contributed by atoms with Crippen LogP contribution in [0.25, 0.3) is 0 Å². The van der Waals surface area contributed by atoms with Crippen LogP contribution in [0.15, 0.2) is 30.3 Å². The highest BCUT2D eigenvalue weighted by molar-refractivity contribution is 5.83. The van der Waals surface area contributed by atoms with Gasteiger partial charge in [0.15, 0.2) is 0 Å². The minimum Gasteiger partial charge on any atom is -0.480 e. The van der Waals surface area contributed by atoms with E-state index in [4.69, 9.17) is 0 Å². The Balaban J connectivity index is 1.99. The molecule has 1 saturated heterocycles. The molecule has 114 valence electrons. The molecule has 2 N–H and O–H groups in total. The Morgan fingerprint density at radius 2 is 2.10 bits per heavy atom. The van der Waals surface area contributed by atoms with Crippen LogP contribution in [-0.2, 0) is 11.2 Å². The molecule has 1 aliphatic rings. The normalized spacial score (nSPS) is 19.3. The number of carbonyl (C=O) groups is 2. The van der Waals surface area contributed by atoms with Crippen molar-refractivity contribution in [2.45, 2.75) is 44.7 Å². The fraction of sp³-hybridized carbons (Fsp3) is 0.500. The van der Waals surface area contributed by atoms with Crippen molar-refractivity contribution >= 4 is 12.0 Å². The third-order valence-electron chi connectivity index (χ3n) is 3.99. The van der Waals surface area contributed by atoms with Crippen molar-refractivity contribution in [3.05, 3.63) is 35.9 Å². The van der Waals surface area contributed by atoms with Crippen LogP contribution in [-0.4, -0.2) is 40.6 Å². The summed E-state index contributed by atoms with van der Waals surface area (Å²) in [6.45, 7) is 2.76. The summed E-state index contributed by atoms with van der Waals surface area (Å²) < 4.78 is 0. The van der Waals surface area contributed by atoms with Gasteiger partial charge in [-0.1, -0.05) is 37.3 Å². The molecule has 2 atom stereocenters. The molecular weight excluding hydrogens is 268 g/mol. The van der Waals surface area contributed by atoms with Crippen LogP contribution in [0.5, 0.6) is 0 Å². The predicted molar refractivity (Wildman–Crippen MR) is 80.1 cm³/mol. The Hall–Kier alpha value is -2.04. The third-order valence-corrected chi connectivity index (χ3v) is 3.99. The van der Waals surface area contributed by atoms with Crippen molar-refractivity contribution in [2.75, 3.05) is 6.54 Å². The van der Waals surface area contributed by atoms with Gasteiger partial charge in [0.05, 0.1) is 0 Å². The molecule has 0 saturated carbocycles. The second-order valence-corrected chi connectivity index (χ2v) is 5.43. The van der Waals surface area contributed by atoms with Gasteiger partial charge in [-0.15, -0.1) is 0 Å². The minimum absolute atomic E-state index is 0.233. The first-order chi connectivity index (χ1) is 10.1. The number of nitrogens with one attached hydrogen (secondary N) is 1. The Bertz CT molecular complexity index is 490. The maximum atomic E-state index is 12.3. The molecule has 1 aliphatic heterocycles. The number of hydrogen-bond donors (Lipinski definition) is 2. The maximum absolute atomic E-state index is 12.3. The molecule has 2 rings (SSSR count). The van der Waals surface area contributed by atoms with Gasteiger partial charge < -0.3 is 15.3 Å². The molecule has 0 aliphatic carbocycles. The summed E-state index contributed by atoms with van der Waals surface area (Å²) in [6.07, 6.45) is 3.19. The van der Waals surface area contributed by atoms with Crippen molar-refractivity contribution in [1.29, 1.82) is 0 Å². The Kier molecular flexibility index (Phi) is 5.20. The van der Waals surface area contributed by atoms with E-state index in [2.05, 4.69) is 12.2 Å². The zero-order chi connectivity index (χ0) is 15.2. The van der Waals surface area contributed by atoms with E-state index in [1.807, 2.05) is 30.3 Å². The summed E-state index contributed by atoms with van der Waals surface area (Å²) in [6, 6.07) is 8.43. The molecule has 5 nitrogen and oxygen atoms in total. The van der Waals surface area contributed by atoms with E-state index < -0.39 is 12.0 Å². The van der Waals surface area contributed by atoms with Gasteiger partial charge in [0.2, 0.25) is 0 Å². The predicted octanol–water partition coefficient (Wildman–Crippen LogP) is 2.27. The molecule has 0 aromatic heterocycles. The molecular formula is C16H22N2O3. The van der Waals surface area contributed by atoms with Crippen LogP contribution in [0.1, 0.15) is 31.7 Å². The van der Waals surface area contributed by atoms with Gasteiger partial charge in [-0.25, -0.2) is 9.59 Å². The summed E-state index contributed by atoms with van der Waals surface area (Å²) in [7, 11) is 0. The van der Waals surface area contributed by atoms with Gasteiger partial charge in [-0.3, -0.25) is 0 Å². The molecule has 1 fully saturated rings. The van der Waals surface area contributed by atoms with Gasteiger partial charge in [0.1, 0.15) is 6.04 Å². The van der Waals surface area contributed by atoms with Crippen LogP contribution in [0.3, 0.4) is 0 Å². The van der Waals surface area contributed by atoms with E-state index in [1.165, 1.54) is 0 Å². The number of benzene rings is 1. The Morgan fingerprint density at radius 1 is 1.38 bits per heavy atom. The number of aliphatic carboxylic acids is 1. The van der Waals surface area contributed by atoms with Crippen LogP contribution in [0, 0.1) is 0 Å². The number of carbonyl (C=O) groups excluding carboxylic acids is 1. The zero-order valence-electron chi connectivity index (χ0n) is 12.3. The molecule has 1 heterocycles. The van der Waals surface area contributed by atoms with E-state index in [1.54, 1.807) is 4.90 Å². The SMILES string of the molecule is CCC1CCCN1C(=O)NC(Cc1ccccc1)C(=O)O. The van der Waals surface area contributed by atoms with E-state index in [-0.39, 0.29) is 12.1 Å². The van der Waals surface area contributed by atoms with Crippen molar-refractivity contribution < 1.29 is 14.7 Å². The molecule has 2 unspecified atom stereocenters. The van der Waals surface area contributed by atoms with Crippen molar-refractivity contribution in [2.24, 2.45) is 0 Å². The molecule has 0 radical (unpaired) electrons. The fourth-order valence-corrected chi connectivity index (χ4v) is 2.81. The summed E-state index contributed by atoms with van der Waals surface area (Å²) in [5, 5.41) is 12.0. The summed E-state index contributed by atoms with van der Waals surface area (Å²) in [5.41, 5.74) is 0.902. The molecule has 1 aromatic rings. The number of hydrogen-bond acceptors (Lipinski definition) is 2. The van der Waals surface area contributed by atoms with Gasteiger partial charge in [-0.2, -0.15) is 0 Å². The number of amides is 2. The average Bonchev–Trinajstić information content (AvgIpc) is 2.96. The number of carboxylic acids is 1. The highest BCUT2D eigenvalue weighted by Crippen LogP contribution is 2.19. The first-order valence-electron chi connectivity index (χ1n) is 7.45.